The van der Waals surface area contributed by atoms with Gasteiger partial charge in [-0.3, -0.25) is 9.78 Å². The highest BCUT2D eigenvalue weighted by molar-refractivity contribution is 8.01. The van der Waals surface area contributed by atoms with Crippen molar-refractivity contribution in [3.8, 4) is 0 Å². The average molecular weight is 330 g/mol. The summed E-state index contributed by atoms with van der Waals surface area (Å²) in [6.45, 7) is 2.11. The fourth-order valence-electron chi connectivity index (χ4n) is 3.17. The Hall–Kier alpha value is -1.79. The lowest BCUT2D eigenvalue weighted by Crippen LogP contribution is -2.60. The van der Waals surface area contributed by atoms with Gasteiger partial charge in [0.2, 0.25) is 0 Å². The molecule has 1 atom stereocenters. The van der Waals surface area contributed by atoms with E-state index in [-0.39, 0.29) is 16.8 Å². The lowest BCUT2D eigenvalue weighted by Gasteiger charge is -2.47. The number of likely N-dealkylation sites (tertiary alicyclic amines) is 1. The molecule has 0 N–H and O–H groups in total. The van der Waals surface area contributed by atoms with Crippen molar-refractivity contribution in [2.45, 2.75) is 23.9 Å². The minimum Gasteiger partial charge on any atom is -0.459 e. The van der Waals surface area contributed by atoms with Crippen LogP contribution < -0.4 is 0 Å². The maximum Gasteiger partial charge on any atom is 0.289 e. The number of carbonyl (C=O) groups excluding carboxylic acids is 1. The molecule has 5 nitrogen and oxygen atoms in total. The average Bonchev–Trinajstić information content (AvgIpc) is 3.22. The van der Waals surface area contributed by atoms with E-state index < -0.39 is 0 Å². The van der Waals surface area contributed by atoms with Gasteiger partial charge in [0.1, 0.15) is 0 Å². The molecule has 120 valence electrons. The van der Waals surface area contributed by atoms with Gasteiger partial charge in [0.15, 0.2) is 5.76 Å². The summed E-state index contributed by atoms with van der Waals surface area (Å²) in [5.74, 6) is 1.39. The van der Waals surface area contributed by atoms with Gasteiger partial charge in [-0.2, -0.15) is 0 Å². The van der Waals surface area contributed by atoms with E-state index in [0.717, 1.165) is 31.0 Å². The summed E-state index contributed by atoms with van der Waals surface area (Å²) >= 11 is 1.92. The van der Waals surface area contributed by atoms with E-state index >= 15 is 0 Å². The summed E-state index contributed by atoms with van der Waals surface area (Å²) in [6, 6.07) is 9.32. The zero-order chi connectivity index (χ0) is 15.7. The Morgan fingerprint density at radius 2 is 2.30 bits per heavy atom. The molecular weight excluding hydrogens is 312 g/mol. The number of thioether (sulfide) groups is 1. The van der Waals surface area contributed by atoms with Crippen LogP contribution in [0.15, 0.2) is 47.2 Å². The normalized spacial score (nSPS) is 22.3. The number of pyridine rings is 1. The largest absolute Gasteiger partial charge is 0.459 e. The quantitative estimate of drug-likeness (QED) is 0.862. The molecule has 23 heavy (non-hydrogen) atoms. The fourth-order valence-corrected chi connectivity index (χ4v) is 4.72. The van der Waals surface area contributed by atoms with E-state index in [1.807, 2.05) is 34.9 Å². The third kappa shape index (κ3) is 3.01. The predicted octanol–water partition coefficient (Wildman–Crippen LogP) is 2.59. The molecule has 4 rings (SSSR count). The second kappa shape index (κ2) is 6.02. The Morgan fingerprint density at radius 3 is 3.04 bits per heavy atom. The molecule has 0 aliphatic carbocycles. The fraction of sp³-hybridized carbons (Fsp3) is 0.412. The van der Waals surface area contributed by atoms with Crippen molar-refractivity contribution in [1.82, 2.24) is 9.88 Å². The Morgan fingerprint density at radius 1 is 1.39 bits per heavy atom. The van der Waals surface area contributed by atoms with Crippen molar-refractivity contribution >= 4 is 17.7 Å². The molecule has 2 aromatic rings. The Bertz CT molecular complexity index is 668. The van der Waals surface area contributed by atoms with Crippen molar-refractivity contribution in [3.63, 3.8) is 0 Å². The molecule has 1 spiro atoms. The number of ether oxygens (including phenoxy) is 1. The van der Waals surface area contributed by atoms with E-state index in [1.165, 1.54) is 6.26 Å². The van der Waals surface area contributed by atoms with Crippen molar-refractivity contribution in [1.29, 1.82) is 0 Å². The van der Waals surface area contributed by atoms with Crippen LogP contribution in [0.4, 0.5) is 0 Å². The highest BCUT2D eigenvalue weighted by atomic mass is 32.2. The number of carbonyl (C=O) groups is 1. The van der Waals surface area contributed by atoms with E-state index in [4.69, 9.17) is 9.15 Å². The summed E-state index contributed by atoms with van der Waals surface area (Å²) in [5.41, 5.74) is 0.960. The van der Waals surface area contributed by atoms with Gasteiger partial charge in [-0.25, -0.2) is 0 Å². The SMILES string of the molecule is O=C(c1ccco1)N1CC2(CC(OCc3ccccn3)CS2)C1. The van der Waals surface area contributed by atoms with Crippen LogP contribution in [-0.4, -0.2) is 45.5 Å². The zero-order valence-electron chi connectivity index (χ0n) is 12.7. The molecule has 2 saturated heterocycles. The van der Waals surface area contributed by atoms with Gasteiger partial charge in [0.05, 0.1) is 29.4 Å². The molecule has 1 unspecified atom stereocenters. The van der Waals surface area contributed by atoms with Crippen molar-refractivity contribution in [2.75, 3.05) is 18.8 Å². The molecule has 0 bridgehead atoms. The monoisotopic (exact) mass is 330 g/mol. The van der Waals surface area contributed by atoms with Gasteiger partial charge in [0.25, 0.3) is 5.91 Å². The van der Waals surface area contributed by atoms with E-state index in [2.05, 4.69) is 4.98 Å². The molecule has 2 aromatic heterocycles. The maximum atomic E-state index is 12.2. The van der Waals surface area contributed by atoms with E-state index in [9.17, 15) is 4.79 Å². The molecule has 2 fully saturated rings. The second-order valence-electron chi connectivity index (χ2n) is 6.09. The van der Waals surface area contributed by atoms with Crippen LogP contribution >= 0.6 is 11.8 Å². The number of rotatable bonds is 4. The van der Waals surface area contributed by atoms with Crippen LogP contribution in [-0.2, 0) is 11.3 Å². The number of aromatic nitrogens is 1. The van der Waals surface area contributed by atoms with Crippen LogP contribution in [0.2, 0.25) is 0 Å². The van der Waals surface area contributed by atoms with Crippen molar-refractivity contribution in [3.05, 3.63) is 54.2 Å². The minimum atomic E-state index is -0.0147. The standard InChI is InChI=1S/C17H18N2O3S/c20-16(15-5-3-7-21-15)19-11-17(12-19)8-14(10-23-17)22-9-13-4-1-2-6-18-13/h1-7,14H,8-12H2. The highest BCUT2D eigenvalue weighted by Crippen LogP contribution is 2.46. The Labute approximate surface area is 139 Å². The van der Waals surface area contributed by atoms with Crippen molar-refractivity contribution < 1.29 is 13.9 Å². The first-order chi connectivity index (χ1) is 11.2. The summed E-state index contributed by atoms with van der Waals surface area (Å²) in [4.78, 5) is 18.3. The molecule has 1 amide bonds. The predicted molar refractivity (Wildman–Crippen MR) is 87.2 cm³/mol. The number of amides is 1. The van der Waals surface area contributed by atoms with Crippen LogP contribution in [0.25, 0.3) is 0 Å². The molecular formula is C17H18N2O3S. The number of hydrogen-bond acceptors (Lipinski definition) is 5. The highest BCUT2D eigenvalue weighted by Gasteiger charge is 2.51. The van der Waals surface area contributed by atoms with Crippen LogP contribution in [0, 0.1) is 0 Å². The van der Waals surface area contributed by atoms with Crippen LogP contribution in [0.1, 0.15) is 22.7 Å². The maximum absolute atomic E-state index is 12.2. The van der Waals surface area contributed by atoms with E-state index in [0.29, 0.717) is 12.4 Å². The zero-order valence-corrected chi connectivity index (χ0v) is 13.5. The molecule has 0 radical (unpaired) electrons. The number of nitrogens with zero attached hydrogens (tertiary/aromatic N) is 2. The minimum absolute atomic E-state index is 0.0147. The van der Waals surface area contributed by atoms with Gasteiger partial charge in [-0.05, 0) is 30.7 Å². The lowest BCUT2D eigenvalue weighted by atomic mass is 9.92. The summed E-state index contributed by atoms with van der Waals surface area (Å²) in [6.07, 6.45) is 4.55. The third-order valence-corrected chi connectivity index (χ3v) is 5.92. The molecule has 2 aliphatic rings. The van der Waals surface area contributed by atoms with Crippen LogP contribution in [0.5, 0.6) is 0 Å². The first-order valence-corrected chi connectivity index (χ1v) is 8.71. The van der Waals surface area contributed by atoms with E-state index in [1.54, 1.807) is 18.3 Å². The second-order valence-corrected chi connectivity index (χ2v) is 7.58. The Balaban J connectivity index is 1.27. The Kier molecular flexibility index (Phi) is 3.87. The first-order valence-electron chi connectivity index (χ1n) is 7.72. The summed E-state index contributed by atoms with van der Waals surface area (Å²) < 4.78 is 11.3. The smallest absolute Gasteiger partial charge is 0.289 e. The third-order valence-electron chi connectivity index (χ3n) is 4.35. The number of furan rings is 1. The van der Waals surface area contributed by atoms with Gasteiger partial charge >= 0.3 is 0 Å². The van der Waals surface area contributed by atoms with Gasteiger partial charge < -0.3 is 14.1 Å². The summed E-state index contributed by atoms with van der Waals surface area (Å²) in [7, 11) is 0. The number of hydrogen-bond donors (Lipinski definition) is 0. The van der Waals surface area contributed by atoms with Crippen molar-refractivity contribution in [2.24, 2.45) is 0 Å². The van der Waals surface area contributed by atoms with Crippen LogP contribution in [0.3, 0.4) is 0 Å². The lowest BCUT2D eigenvalue weighted by molar-refractivity contribution is 0.0233. The van der Waals surface area contributed by atoms with Gasteiger partial charge in [-0.1, -0.05) is 6.07 Å². The molecule has 0 saturated carbocycles. The van der Waals surface area contributed by atoms with Gasteiger partial charge in [-0.15, -0.1) is 11.8 Å². The molecule has 2 aliphatic heterocycles. The summed E-state index contributed by atoms with van der Waals surface area (Å²) in [5, 5.41) is 0. The molecule has 0 aromatic carbocycles. The molecule has 6 heteroatoms. The first kappa shape index (κ1) is 14.8. The van der Waals surface area contributed by atoms with Gasteiger partial charge in [0, 0.05) is 25.0 Å². The topological polar surface area (TPSA) is 55.6 Å². The molecule has 4 heterocycles.